The second-order valence-corrected chi connectivity index (χ2v) is 5.22. The summed E-state index contributed by atoms with van der Waals surface area (Å²) in [7, 11) is 1.50. The Bertz CT molecular complexity index is 996. The van der Waals surface area contributed by atoms with E-state index in [1.807, 2.05) is 0 Å². The minimum absolute atomic E-state index is 0.0559. The number of carbonyl (C=O) groups is 1. The van der Waals surface area contributed by atoms with Crippen LogP contribution in [-0.4, -0.2) is 41.0 Å². The van der Waals surface area contributed by atoms with Crippen molar-refractivity contribution in [3.05, 3.63) is 48.0 Å². The molecule has 0 bridgehead atoms. The molecular formula is C17H14FN5O3. The molecule has 0 fully saturated rings. The molecule has 132 valence electrons. The van der Waals surface area contributed by atoms with Crippen LogP contribution in [0.5, 0.6) is 0 Å². The van der Waals surface area contributed by atoms with E-state index in [0.717, 1.165) is 0 Å². The third-order valence-electron chi connectivity index (χ3n) is 3.53. The molecule has 0 aliphatic rings. The minimum atomic E-state index is -0.650. The maximum Gasteiger partial charge on any atom is 0.411 e. The number of benzene rings is 1. The van der Waals surface area contributed by atoms with Gasteiger partial charge >= 0.3 is 6.09 Å². The van der Waals surface area contributed by atoms with Crippen LogP contribution in [0.3, 0.4) is 0 Å². The number of rotatable bonds is 5. The van der Waals surface area contributed by atoms with Gasteiger partial charge < -0.3 is 9.47 Å². The Labute approximate surface area is 147 Å². The normalized spacial score (nSPS) is 10.5. The lowest BCUT2D eigenvalue weighted by molar-refractivity contribution is 0.107. The predicted octanol–water partition coefficient (Wildman–Crippen LogP) is 2.60. The molecule has 0 atom stereocenters. The van der Waals surface area contributed by atoms with Gasteiger partial charge in [0.2, 0.25) is 0 Å². The Morgan fingerprint density at radius 3 is 2.92 bits per heavy atom. The summed E-state index contributed by atoms with van der Waals surface area (Å²) < 4.78 is 25.3. The topological polar surface area (TPSA) is 102 Å². The Hall–Kier alpha value is -3.51. The summed E-state index contributed by atoms with van der Waals surface area (Å²) in [5.74, 6) is -0.643. The maximum atomic E-state index is 14.0. The number of nitriles is 1. The lowest BCUT2D eigenvalue weighted by atomic mass is 10.1. The standard InChI is InChI=1S/C17H14FN5O3/c1-25-4-5-26-17(24)22-13-7-15(23-16(8-13)20-10-21-23)11-2-3-12(9-19)14(18)6-11/h2-3,6-8,10H,4-5H2,1H3,(H,22,24). The highest BCUT2D eigenvalue weighted by atomic mass is 19.1. The molecule has 0 saturated carbocycles. The minimum Gasteiger partial charge on any atom is -0.447 e. The van der Waals surface area contributed by atoms with Crippen molar-refractivity contribution < 1.29 is 18.7 Å². The first-order chi connectivity index (χ1) is 12.6. The number of fused-ring (bicyclic) bond motifs is 1. The average Bonchev–Trinajstić information content (AvgIpc) is 3.09. The number of ether oxygens (including phenoxy) is 2. The van der Waals surface area contributed by atoms with E-state index in [-0.39, 0.29) is 18.8 Å². The third kappa shape index (κ3) is 3.60. The molecule has 2 aromatic heterocycles. The molecule has 3 rings (SSSR count). The monoisotopic (exact) mass is 355 g/mol. The number of hydrogen-bond acceptors (Lipinski definition) is 6. The number of hydrogen-bond donors (Lipinski definition) is 1. The number of carbonyl (C=O) groups excluding carboxylic acids is 1. The number of amides is 1. The molecule has 0 aliphatic heterocycles. The SMILES string of the molecule is COCCOC(=O)Nc1cc(-c2ccc(C#N)c(F)c2)n2ncnc2c1. The summed E-state index contributed by atoms with van der Waals surface area (Å²) in [5, 5.41) is 15.6. The molecule has 9 heteroatoms. The number of nitrogens with zero attached hydrogens (tertiary/aromatic N) is 4. The highest BCUT2D eigenvalue weighted by Gasteiger charge is 2.12. The van der Waals surface area contributed by atoms with Gasteiger partial charge in [-0.1, -0.05) is 6.07 Å². The van der Waals surface area contributed by atoms with Crippen LogP contribution in [-0.2, 0) is 9.47 Å². The van der Waals surface area contributed by atoms with E-state index in [1.165, 1.54) is 30.1 Å². The Balaban J connectivity index is 1.95. The van der Waals surface area contributed by atoms with Crippen molar-refractivity contribution >= 4 is 17.4 Å². The summed E-state index contributed by atoms with van der Waals surface area (Å²) in [6, 6.07) is 9.20. The summed E-state index contributed by atoms with van der Waals surface area (Å²) in [6.07, 6.45) is 0.697. The van der Waals surface area contributed by atoms with Gasteiger partial charge in [-0.3, -0.25) is 5.32 Å². The quantitative estimate of drug-likeness (QED) is 0.706. The van der Waals surface area contributed by atoms with Crippen LogP contribution in [0.1, 0.15) is 5.56 Å². The van der Waals surface area contributed by atoms with Crippen molar-refractivity contribution in [2.24, 2.45) is 0 Å². The summed E-state index contributed by atoms with van der Waals surface area (Å²) in [5.41, 5.74) is 1.79. The Morgan fingerprint density at radius 1 is 1.35 bits per heavy atom. The van der Waals surface area contributed by atoms with E-state index in [2.05, 4.69) is 15.4 Å². The molecule has 0 saturated heterocycles. The fourth-order valence-corrected chi connectivity index (χ4v) is 2.34. The molecular weight excluding hydrogens is 341 g/mol. The molecule has 1 aromatic carbocycles. The second kappa shape index (κ2) is 7.58. The number of aromatic nitrogens is 3. The lowest BCUT2D eigenvalue weighted by Crippen LogP contribution is -2.16. The molecule has 3 aromatic rings. The van der Waals surface area contributed by atoms with Crippen molar-refractivity contribution in [2.75, 3.05) is 25.6 Å². The Kier molecular flexibility index (Phi) is 5.05. The van der Waals surface area contributed by atoms with Crippen molar-refractivity contribution in [3.8, 4) is 17.3 Å². The predicted molar refractivity (Wildman–Crippen MR) is 89.9 cm³/mol. The van der Waals surface area contributed by atoms with Gasteiger partial charge in [0.15, 0.2) is 5.65 Å². The maximum absolute atomic E-state index is 14.0. The molecule has 0 aliphatic carbocycles. The van der Waals surface area contributed by atoms with Gasteiger partial charge in [0.1, 0.15) is 24.8 Å². The number of nitrogens with one attached hydrogen (secondary N) is 1. The number of anilines is 1. The van der Waals surface area contributed by atoms with Crippen LogP contribution < -0.4 is 5.32 Å². The van der Waals surface area contributed by atoms with Crippen molar-refractivity contribution in [1.29, 1.82) is 5.26 Å². The van der Waals surface area contributed by atoms with E-state index in [0.29, 0.717) is 22.6 Å². The van der Waals surface area contributed by atoms with Crippen LogP contribution >= 0.6 is 0 Å². The van der Waals surface area contributed by atoms with E-state index in [1.54, 1.807) is 24.3 Å². The largest absolute Gasteiger partial charge is 0.447 e. The molecule has 0 unspecified atom stereocenters. The van der Waals surface area contributed by atoms with E-state index >= 15 is 0 Å². The average molecular weight is 355 g/mol. The van der Waals surface area contributed by atoms with E-state index in [9.17, 15) is 9.18 Å². The number of pyridine rings is 1. The third-order valence-corrected chi connectivity index (χ3v) is 3.53. The summed E-state index contributed by atoms with van der Waals surface area (Å²) in [6.45, 7) is 0.398. The molecule has 1 amide bonds. The summed E-state index contributed by atoms with van der Waals surface area (Å²) >= 11 is 0. The first-order valence-corrected chi connectivity index (χ1v) is 7.59. The zero-order valence-corrected chi connectivity index (χ0v) is 13.8. The van der Waals surface area contributed by atoms with Gasteiger partial charge in [0.05, 0.1) is 17.9 Å². The lowest BCUT2D eigenvalue weighted by Gasteiger charge is -2.10. The molecule has 0 radical (unpaired) electrons. The van der Waals surface area contributed by atoms with Gasteiger partial charge in [-0.15, -0.1) is 0 Å². The fourth-order valence-electron chi connectivity index (χ4n) is 2.34. The van der Waals surface area contributed by atoms with Gasteiger partial charge in [-0.25, -0.2) is 18.7 Å². The second-order valence-electron chi connectivity index (χ2n) is 5.22. The zero-order chi connectivity index (χ0) is 18.5. The zero-order valence-electron chi connectivity index (χ0n) is 13.8. The number of methoxy groups -OCH3 is 1. The van der Waals surface area contributed by atoms with Crippen LogP contribution in [0.25, 0.3) is 16.9 Å². The Morgan fingerprint density at radius 2 is 2.19 bits per heavy atom. The molecule has 1 N–H and O–H groups in total. The summed E-state index contributed by atoms with van der Waals surface area (Å²) in [4.78, 5) is 15.9. The first kappa shape index (κ1) is 17.3. The van der Waals surface area contributed by atoms with Crippen LogP contribution in [0.15, 0.2) is 36.7 Å². The van der Waals surface area contributed by atoms with Crippen LogP contribution in [0.2, 0.25) is 0 Å². The molecule has 26 heavy (non-hydrogen) atoms. The van der Waals surface area contributed by atoms with Gasteiger partial charge in [0, 0.05) is 24.4 Å². The van der Waals surface area contributed by atoms with E-state index < -0.39 is 11.9 Å². The van der Waals surface area contributed by atoms with Crippen LogP contribution in [0, 0.1) is 17.1 Å². The smallest absolute Gasteiger partial charge is 0.411 e. The highest BCUT2D eigenvalue weighted by molar-refractivity contribution is 5.86. The molecule has 2 heterocycles. The van der Waals surface area contributed by atoms with Crippen molar-refractivity contribution in [2.45, 2.75) is 0 Å². The first-order valence-electron chi connectivity index (χ1n) is 7.59. The fraction of sp³-hybridized carbons (Fsp3) is 0.176. The van der Waals surface area contributed by atoms with Crippen molar-refractivity contribution in [1.82, 2.24) is 14.6 Å². The highest BCUT2D eigenvalue weighted by Crippen LogP contribution is 2.26. The van der Waals surface area contributed by atoms with Crippen LogP contribution in [0.4, 0.5) is 14.9 Å². The van der Waals surface area contributed by atoms with Gasteiger partial charge in [-0.2, -0.15) is 10.4 Å². The van der Waals surface area contributed by atoms with Crippen molar-refractivity contribution in [3.63, 3.8) is 0 Å². The van der Waals surface area contributed by atoms with E-state index in [4.69, 9.17) is 14.7 Å². The van der Waals surface area contributed by atoms with Gasteiger partial charge in [-0.05, 0) is 18.2 Å². The molecule has 0 spiro atoms. The van der Waals surface area contributed by atoms with Gasteiger partial charge in [0.25, 0.3) is 0 Å². The molecule has 8 nitrogen and oxygen atoms in total. The number of halogens is 1.